The van der Waals surface area contributed by atoms with Gasteiger partial charge in [0, 0.05) is 11.6 Å². The lowest BCUT2D eigenvalue weighted by Gasteiger charge is -2.37. The van der Waals surface area contributed by atoms with E-state index in [1.54, 1.807) is 0 Å². The molecular formula is C9H17F3N2. The molecule has 1 aliphatic rings. The maximum absolute atomic E-state index is 12.0. The molecule has 0 saturated heterocycles. The Morgan fingerprint density at radius 3 is 2.29 bits per heavy atom. The highest BCUT2D eigenvalue weighted by atomic mass is 19.4. The number of halogens is 3. The van der Waals surface area contributed by atoms with Crippen molar-refractivity contribution >= 4 is 0 Å². The molecule has 1 rings (SSSR count). The van der Waals surface area contributed by atoms with E-state index in [2.05, 4.69) is 5.32 Å². The summed E-state index contributed by atoms with van der Waals surface area (Å²) in [5.41, 5.74) is 5.30. The van der Waals surface area contributed by atoms with Crippen LogP contribution in [0.5, 0.6) is 0 Å². The van der Waals surface area contributed by atoms with Crippen molar-refractivity contribution in [2.24, 2.45) is 5.73 Å². The smallest absolute Gasteiger partial charge is 0.328 e. The van der Waals surface area contributed by atoms with E-state index in [1.165, 1.54) is 0 Å². The Bertz CT molecular complexity index is 183. The van der Waals surface area contributed by atoms with Crippen LogP contribution in [0.25, 0.3) is 0 Å². The van der Waals surface area contributed by atoms with Gasteiger partial charge in [-0.1, -0.05) is 0 Å². The number of rotatable bonds is 2. The molecule has 1 aliphatic carbocycles. The zero-order valence-electron chi connectivity index (χ0n) is 8.32. The normalized spacial score (nSPS) is 34.5. The van der Waals surface area contributed by atoms with Gasteiger partial charge in [0.1, 0.15) is 0 Å². The van der Waals surface area contributed by atoms with E-state index in [0.717, 1.165) is 25.7 Å². The summed E-state index contributed by atoms with van der Waals surface area (Å²) in [5.74, 6) is 0. The van der Waals surface area contributed by atoms with E-state index in [4.69, 9.17) is 5.73 Å². The van der Waals surface area contributed by atoms with Crippen molar-refractivity contribution < 1.29 is 13.2 Å². The highest BCUT2D eigenvalue weighted by molar-refractivity contribution is 4.90. The fraction of sp³-hybridized carbons (Fsp3) is 1.00. The summed E-state index contributed by atoms with van der Waals surface area (Å²) < 4.78 is 35.9. The fourth-order valence-corrected chi connectivity index (χ4v) is 1.77. The molecule has 0 heterocycles. The maximum Gasteiger partial charge on any atom is 0.401 e. The summed E-state index contributed by atoms with van der Waals surface area (Å²) in [4.78, 5) is 0. The summed E-state index contributed by atoms with van der Waals surface area (Å²) in [6.45, 7) is 0.934. The van der Waals surface area contributed by atoms with Crippen LogP contribution < -0.4 is 11.1 Å². The lowest BCUT2D eigenvalue weighted by molar-refractivity contribution is -0.129. The number of nitrogens with two attached hydrogens (primary N) is 1. The largest absolute Gasteiger partial charge is 0.401 e. The van der Waals surface area contributed by atoms with Crippen LogP contribution in [0.4, 0.5) is 13.2 Å². The van der Waals surface area contributed by atoms with E-state index in [0.29, 0.717) is 0 Å². The molecule has 0 aromatic rings. The monoisotopic (exact) mass is 210 g/mol. The minimum Gasteiger partial charge on any atom is -0.328 e. The Morgan fingerprint density at radius 1 is 1.36 bits per heavy atom. The molecule has 0 amide bonds. The Balaban J connectivity index is 2.36. The summed E-state index contributed by atoms with van der Waals surface area (Å²) in [6.07, 6.45) is -1.06. The molecule has 2 nitrogen and oxygen atoms in total. The first kappa shape index (κ1) is 11.8. The van der Waals surface area contributed by atoms with Crippen molar-refractivity contribution in [1.82, 2.24) is 5.32 Å². The second-order valence-electron chi connectivity index (χ2n) is 4.37. The van der Waals surface area contributed by atoms with Crippen LogP contribution in [0, 0.1) is 0 Å². The number of hydrogen-bond acceptors (Lipinski definition) is 2. The Morgan fingerprint density at radius 2 is 1.86 bits per heavy atom. The van der Waals surface area contributed by atoms with Gasteiger partial charge in [-0.3, -0.25) is 0 Å². The zero-order chi connectivity index (χ0) is 10.8. The van der Waals surface area contributed by atoms with Crippen LogP contribution >= 0.6 is 0 Å². The quantitative estimate of drug-likeness (QED) is 0.729. The van der Waals surface area contributed by atoms with E-state index in [1.807, 2.05) is 6.92 Å². The lowest BCUT2D eigenvalue weighted by Crippen LogP contribution is -2.50. The average Bonchev–Trinajstić information content (AvgIpc) is 2.07. The minimum atomic E-state index is -4.12. The Labute approximate surface area is 82.0 Å². The van der Waals surface area contributed by atoms with Gasteiger partial charge in [0.15, 0.2) is 0 Å². The summed E-state index contributed by atoms with van der Waals surface area (Å²) in [5, 5.41) is 2.58. The molecule has 0 aromatic heterocycles. The third-order valence-electron chi connectivity index (χ3n) is 2.85. The molecule has 0 unspecified atom stereocenters. The van der Waals surface area contributed by atoms with Gasteiger partial charge >= 0.3 is 6.18 Å². The zero-order valence-corrected chi connectivity index (χ0v) is 8.32. The summed E-state index contributed by atoms with van der Waals surface area (Å²) in [7, 11) is 0. The molecule has 14 heavy (non-hydrogen) atoms. The van der Waals surface area contributed by atoms with E-state index in [9.17, 15) is 13.2 Å². The molecule has 0 radical (unpaired) electrons. The maximum atomic E-state index is 12.0. The predicted molar refractivity (Wildman–Crippen MR) is 48.9 cm³/mol. The van der Waals surface area contributed by atoms with Gasteiger partial charge in [-0.2, -0.15) is 13.2 Å². The van der Waals surface area contributed by atoms with Crippen molar-refractivity contribution in [1.29, 1.82) is 0 Å². The first-order chi connectivity index (χ1) is 6.31. The molecule has 0 spiro atoms. The van der Waals surface area contributed by atoms with Crippen LogP contribution in [-0.2, 0) is 0 Å². The molecular weight excluding hydrogens is 193 g/mol. The van der Waals surface area contributed by atoms with Crippen LogP contribution in [0.15, 0.2) is 0 Å². The Kier molecular flexibility index (Phi) is 3.42. The molecule has 0 aromatic carbocycles. The molecule has 0 aliphatic heterocycles. The molecule has 84 valence electrons. The number of nitrogens with one attached hydrogen (secondary N) is 1. The second kappa shape index (κ2) is 4.06. The first-order valence-corrected chi connectivity index (χ1v) is 4.88. The highest BCUT2D eigenvalue weighted by Gasteiger charge is 2.34. The molecule has 5 heteroatoms. The van der Waals surface area contributed by atoms with Gasteiger partial charge in [-0.05, 0) is 32.6 Å². The topological polar surface area (TPSA) is 38.0 Å². The van der Waals surface area contributed by atoms with Gasteiger partial charge in [-0.15, -0.1) is 0 Å². The van der Waals surface area contributed by atoms with Crippen molar-refractivity contribution in [2.75, 3.05) is 6.54 Å². The van der Waals surface area contributed by atoms with Gasteiger partial charge in [0.2, 0.25) is 0 Å². The van der Waals surface area contributed by atoms with Crippen molar-refractivity contribution in [3.8, 4) is 0 Å². The predicted octanol–water partition coefficient (Wildman–Crippen LogP) is 1.80. The first-order valence-electron chi connectivity index (χ1n) is 4.88. The SMILES string of the molecule is CC1(NCC(F)(F)F)CCC(N)CC1. The number of hydrogen-bond donors (Lipinski definition) is 2. The molecule has 1 saturated carbocycles. The molecule has 3 N–H and O–H groups in total. The summed E-state index contributed by atoms with van der Waals surface area (Å²) in [6, 6.07) is 0.163. The summed E-state index contributed by atoms with van der Waals surface area (Å²) >= 11 is 0. The third-order valence-corrected chi connectivity index (χ3v) is 2.85. The van der Waals surface area contributed by atoms with E-state index in [-0.39, 0.29) is 11.6 Å². The fourth-order valence-electron chi connectivity index (χ4n) is 1.77. The van der Waals surface area contributed by atoms with Gasteiger partial charge in [-0.25, -0.2) is 0 Å². The van der Waals surface area contributed by atoms with Gasteiger partial charge in [0.05, 0.1) is 6.54 Å². The van der Waals surface area contributed by atoms with E-state index < -0.39 is 12.7 Å². The van der Waals surface area contributed by atoms with Gasteiger partial charge < -0.3 is 11.1 Å². The van der Waals surface area contributed by atoms with Crippen molar-refractivity contribution in [3.63, 3.8) is 0 Å². The molecule has 0 bridgehead atoms. The van der Waals surface area contributed by atoms with Crippen LogP contribution in [-0.4, -0.2) is 24.3 Å². The molecule has 1 fully saturated rings. The second-order valence-corrected chi connectivity index (χ2v) is 4.37. The van der Waals surface area contributed by atoms with Crippen LogP contribution in [0.3, 0.4) is 0 Å². The van der Waals surface area contributed by atoms with E-state index >= 15 is 0 Å². The lowest BCUT2D eigenvalue weighted by atomic mass is 9.81. The van der Waals surface area contributed by atoms with Gasteiger partial charge in [0.25, 0.3) is 0 Å². The minimum absolute atomic E-state index is 0.163. The Hall–Kier alpha value is -0.290. The third kappa shape index (κ3) is 3.84. The molecule has 0 atom stereocenters. The number of alkyl halides is 3. The van der Waals surface area contributed by atoms with Crippen molar-refractivity contribution in [3.05, 3.63) is 0 Å². The highest BCUT2D eigenvalue weighted by Crippen LogP contribution is 2.28. The average molecular weight is 210 g/mol. The standard InChI is InChI=1S/C9H17F3N2/c1-8(14-6-9(10,11)12)4-2-7(13)3-5-8/h7,14H,2-6,13H2,1H3. The van der Waals surface area contributed by atoms with Crippen LogP contribution in [0.1, 0.15) is 32.6 Å². The van der Waals surface area contributed by atoms with Crippen molar-refractivity contribution in [2.45, 2.75) is 50.4 Å². The van der Waals surface area contributed by atoms with Crippen LogP contribution in [0.2, 0.25) is 0 Å².